The Morgan fingerprint density at radius 1 is 1.54 bits per heavy atom. The van der Waals surface area contributed by atoms with Crippen molar-refractivity contribution in [2.24, 2.45) is 5.73 Å². The largest absolute Gasteiger partial charge is 0.398 e. The number of allylic oxidation sites excluding steroid dienone is 1. The molecule has 0 amide bonds. The first kappa shape index (κ1) is 9.75. The standard InChI is InChI=1S/C9H6BrFN2/c10-7-3-6(4-8(11)5-7)9(13)1-2-12/h1,3-5H,13H2/b9-1+. The van der Waals surface area contributed by atoms with Gasteiger partial charge in [0.15, 0.2) is 0 Å². The molecule has 1 rings (SSSR count). The number of benzene rings is 1. The van der Waals surface area contributed by atoms with Crippen LogP contribution in [0.4, 0.5) is 4.39 Å². The predicted octanol–water partition coefficient (Wildman–Crippen LogP) is 2.41. The summed E-state index contributed by atoms with van der Waals surface area (Å²) in [5, 5.41) is 8.32. The van der Waals surface area contributed by atoms with Crippen molar-refractivity contribution in [2.75, 3.05) is 0 Å². The third-order valence-electron chi connectivity index (χ3n) is 1.42. The van der Waals surface area contributed by atoms with Crippen molar-refractivity contribution in [3.05, 3.63) is 40.1 Å². The first-order valence-corrected chi connectivity index (χ1v) is 4.24. The summed E-state index contributed by atoms with van der Waals surface area (Å²) in [6.07, 6.45) is 1.17. The van der Waals surface area contributed by atoms with Crippen LogP contribution in [0.3, 0.4) is 0 Å². The van der Waals surface area contributed by atoms with Crippen LogP contribution in [0, 0.1) is 17.1 Å². The molecular weight excluding hydrogens is 235 g/mol. The van der Waals surface area contributed by atoms with Gasteiger partial charge in [-0.1, -0.05) is 15.9 Å². The lowest BCUT2D eigenvalue weighted by Crippen LogP contribution is -1.96. The van der Waals surface area contributed by atoms with E-state index in [1.54, 1.807) is 12.1 Å². The average molecular weight is 241 g/mol. The Balaban J connectivity index is 3.17. The third kappa shape index (κ3) is 2.56. The Kier molecular flexibility index (Phi) is 3.04. The van der Waals surface area contributed by atoms with Crippen LogP contribution >= 0.6 is 15.9 Å². The fourth-order valence-corrected chi connectivity index (χ4v) is 1.34. The molecule has 0 fully saturated rings. The van der Waals surface area contributed by atoms with E-state index in [0.717, 1.165) is 0 Å². The molecule has 1 aromatic carbocycles. The van der Waals surface area contributed by atoms with Crippen LogP contribution in [0.15, 0.2) is 28.7 Å². The van der Waals surface area contributed by atoms with Crippen LogP contribution in [0.2, 0.25) is 0 Å². The monoisotopic (exact) mass is 240 g/mol. The second-order valence-electron chi connectivity index (χ2n) is 2.39. The zero-order valence-electron chi connectivity index (χ0n) is 6.59. The summed E-state index contributed by atoms with van der Waals surface area (Å²) in [6, 6.07) is 6.02. The normalized spacial score (nSPS) is 11.0. The van der Waals surface area contributed by atoms with E-state index in [9.17, 15) is 4.39 Å². The molecule has 2 nitrogen and oxygen atoms in total. The molecule has 66 valence electrons. The number of nitrogens with zero attached hydrogens (tertiary/aromatic N) is 1. The summed E-state index contributed by atoms with van der Waals surface area (Å²) in [4.78, 5) is 0. The minimum Gasteiger partial charge on any atom is -0.398 e. The fraction of sp³-hybridized carbons (Fsp3) is 0. The van der Waals surface area contributed by atoms with Crippen LogP contribution in [0.25, 0.3) is 5.70 Å². The SMILES string of the molecule is N#C/C=C(/N)c1cc(F)cc(Br)c1. The Labute approximate surface area is 83.6 Å². The van der Waals surface area contributed by atoms with E-state index in [1.807, 2.05) is 0 Å². The Morgan fingerprint density at radius 2 is 2.23 bits per heavy atom. The van der Waals surface area contributed by atoms with Gasteiger partial charge in [-0.25, -0.2) is 4.39 Å². The summed E-state index contributed by atoms with van der Waals surface area (Å²) >= 11 is 3.13. The van der Waals surface area contributed by atoms with Gasteiger partial charge in [-0.15, -0.1) is 0 Å². The quantitative estimate of drug-likeness (QED) is 0.767. The molecule has 0 atom stereocenters. The number of hydrogen-bond donors (Lipinski definition) is 1. The highest BCUT2D eigenvalue weighted by atomic mass is 79.9. The number of hydrogen-bond acceptors (Lipinski definition) is 2. The van der Waals surface area contributed by atoms with Gasteiger partial charge < -0.3 is 5.73 Å². The highest BCUT2D eigenvalue weighted by Gasteiger charge is 2.00. The van der Waals surface area contributed by atoms with Gasteiger partial charge in [0.25, 0.3) is 0 Å². The smallest absolute Gasteiger partial charge is 0.125 e. The number of rotatable bonds is 1. The molecule has 0 unspecified atom stereocenters. The van der Waals surface area contributed by atoms with E-state index in [1.165, 1.54) is 18.2 Å². The van der Waals surface area contributed by atoms with E-state index in [0.29, 0.717) is 10.0 Å². The van der Waals surface area contributed by atoms with Gasteiger partial charge in [-0.2, -0.15) is 5.26 Å². The maximum atomic E-state index is 12.8. The molecule has 0 aliphatic rings. The first-order chi connectivity index (χ1) is 6.13. The average Bonchev–Trinajstić information content (AvgIpc) is 2.03. The van der Waals surface area contributed by atoms with E-state index in [2.05, 4.69) is 15.9 Å². The highest BCUT2D eigenvalue weighted by molar-refractivity contribution is 9.10. The van der Waals surface area contributed by atoms with Gasteiger partial charge in [0.1, 0.15) is 5.82 Å². The number of nitrogens with two attached hydrogens (primary N) is 1. The summed E-state index contributed by atoms with van der Waals surface area (Å²) in [5.74, 6) is -0.390. The third-order valence-corrected chi connectivity index (χ3v) is 1.87. The second-order valence-corrected chi connectivity index (χ2v) is 3.30. The molecule has 0 saturated heterocycles. The molecule has 0 spiro atoms. The highest BCUT2D eigenvalue weighted by Crippen LogP contribution is 2.18. The lowest BCUT2D eigenvalue weighted by Gasteiger charge is -2.00. The number of halogens is 2. The molecule has 0 aliphatic heterocycles. The molecule has 1 aromatic rings. The lowest BCUT2D eigenvalue weighted by atomic mass is 10.1. The van der Waals surface area contributed by atoms with E-state index < -0.39 is 5.82 Å². The van der Waals surface area contributed by atoms with Crippen LogP contribution in [0.1, 0.15) is 5.56 Å². The van der Waals surface area contributed by atoms with Crippen molar-refractivity contribution >= 4 is 21.6 Å². The lowest BCUT2D eigenvalue weighted by molar-refractivity contribution is 0.626. The van der Waals surface area contributed by atoms with Gasteiger partial charge in [0.2, 0.25) is 0 Å². The van der Waals surface area contributed by atoms with Crippen molar-refractivity contribution in [2.45, 2.75) is 0 Å². The maximum Gasteiger partial charge on any atom is 0.125 e. The Morgan fingerprint density at radius 3 is 2.77 bits per heavy atom. The molecule has 13 heavy (non-hydrogen) atoms. The molecule has 0 radical (unpaired) electrons. The molecule has 0 bridgehead atoms. The molecule has 2 N–H and O–H groups in total. The van der Waals surface area contributed by atoms with Gasteiger partial charge in [0.05, 0.1) is 6.07 Å². The summed E-state index contributed by atoms with van der Waals surface area (Å²) < 4.78 is 13.4. The van der Waals surface area contributed by atoms with Gasteiger partial charge in [-0.3, -0.25) is 0 Å². The van der Waals surface area contributed by atoms with Crippen LogP contribution in [0.5, 0.6) is 0 Å². The zero-order valence-corrected chi connectivity index (χ0v) is 8.18. The van der Waals surface area contributed by atoms with Crippen LogP contribution < -0.4 is 5.73 Å². The van der Waals surface area contributed by atoms with Crippen LogP contribution in [-0.4, -0.2) is 0 Å². The summed E-state index contributed by atoms with van der Waals surface area (Å²) in [6.45, 7) is 0. The van der Waals surface area contributed by atoms with Crippen molar-refractivity contribution in [3.63, 3.8) is 0 Å². The van der Waals surface area contributed by atoms with Crippen molar-refractivity contribution in [3.8, 4) is 6.07 Å². The number of nitriles is 1. The minimum absolute atomic E-state index is 0.253. The molecule has 0 aromatic heterocycles. The van der Waals surface area contributed by atoms with Crippen molar-refractivity contribution < 1.29 is 4.39 Å². The minimum atomic E-state index is -0.390. The Hall–Kier alpha value is -1.34. The Bertz CT molecular complexity index is 373. The van der Waals surface area contributed by atoms with Crippen molar-refractivity contribution in [1.82, 2.24) is 0 Å². The predicted molar refractivity (Wildman–Crippen MR) is 51.9 cm³/mol. The van der Waals surface area contributed by atoms with Crippen molar-refractivity contribution in [1.29, 1.82) is 5.26 Å². The zero-order chi connectivity index (χ0) is 9.84. The fourth-order valence-electron chi connectivity index (χ4n) is 0.873. The molecule has 0 aliphatic carbocycles. The molecule has 0 saturated carbocycles. The second kappa shape index (κ2) is 4.06. The molecular formula is C9H6BrFN2. The molecule has 0 heterocycles. The molecule has 4 heteroatoms. The van der Waals surface area contributed by atoms with E-state index in [4.69, 9.17) is 11.0 Å². The maximum absolute atomic E-state index is 12.8. The summed E-state index contributed by atoms with van der Waals surface area (Å²) in [7, 11) is 0. The first-order valence-electron chi connectivity index (χ1n) is 3.45. The van der Waals surface area contributed by atoms with Gasteiger partial charge in [0, 0.05) is 21.8 Å². The van der Waals surface area contributed by atoms with Gasteiger partial charge in [-0.05, 0) is 18.2 Å². The van der Waals surface area contributed by atoms with Gasteiger partial charge >= 0.3 is 0 Å². The van der Waals surface area contributed by atoms with E-state index in [-0.39, 0.29) is 5.70 Å². The van der Waals surface area contributed by atoms with E-state index >= 15 is 0 Å². The summed E-state index contributed by atoms with van der Waals surface area (Å²) in [5.41, 5.74) is 6.24. The topological polar surface area (TPSA) is 49.8 Å². The van der Waals surface area contributed by atoms with Crippen LogP contribution in [-0.2, 0) is 0 Å².